The molecule has 2 amide bonds. The summed E-state index contributed by atoms with van der Waals surface area (Å²) in [7, 11) is 0. The standard InChI is InChI=1S/C20H17N3O3/c1-3-12-22-20(25)16-9-5-6-10-17(16)23-19(24)14(2)26-18-11-7-4-8-15(18)13-21/h1,4-11,14H,12H2,2H3,(H,22,25)(H,23,24). The smallest absolute Gasteiger partial charge is 0.265 e. The van der Waals surface area contributed by atoms with E-state index in [1.807, 2.05) is 6.07 Å². The first kappa shape index (κ1) is 18.6. The molecular weight excluding hydrogens is 330 g/mol. The van der Waals surface area contributed by atoms with Gasteiger partial charge in [0.05, 0.1) is 23.4 Å². The minimum atomic E-state index is -0.869. The van der Waals surface area contributed by atoms with Gasteiger partial charge in [-0.05, 0) is 31.2 Å². The van der Waals surface area contributed by atoms with Crippen molar-refractivity contribution in [3.8, 4) is 24.2 Å². The predicted molar refractivity (Wildman–Crippen MR) is 97.5 cm³/mol. The van der Waals surface area contributed by atoms with Crippen LogP contribution < -0.4 is 15.4 Å². The zero-order valence-corrected chi connectivity index (χ0v) is 14.2. The molecule has 2 rings (SSSR count). The van der Waals surface area contributed by atoms with E-state index in [1.165, 1.54) is 0 Å². The number of nitriles is 1. The van der Waals surface area contributed by atoms with E-state index in [0.717, 1.165) is 0 Å². The molecule has 0 bridgehead atoms. The minimum Gasteiger partial charge on any atom is -0.480 e. The molecule has 0 heterocycles. The molecule has 0 radical (unpaired) electrons. The molecule has 0 aliphatic heterocycles. The van der Waals surface area contributed by atoms with Crippen LogP contribution in [0.15, 0.2) is 48.5 Å². The Morgan fingerprint density at radius 2 is 1.88 bits per heavy atom. The molecule has 0 saturated heterocycles. The Labute approximate surface area is 151 Å². The van der Waals surface area contributed by atoms with E-state index < -0.39 is 12.0 Å². The van der Waals surface area contributed by atoms with Crippen LogP contribution in [-0.4, -0.2) is 24.5 Å². The summed E-state index contributed by atoms with van der Waals surface area (Å²) in [6.45, 7) is 1.65. The van der Waals surface area contributed by atoms with Gasteiger partial charge >= 0.3 is 0 Å². The SMILES string of the molecule is C#CCNC(=O)c1ccccc1NC(=O)C(C)Oc1ccccc1C#N. The number of ether oxygens (including phenoxy) is 1. The number of nitrogens with one attached hydrogen (secondary N) is 2. The van der Waals surface area contributed by atoms with E-state index in [9.17, 15) is 9.59 Å². The van der Waals surface area contributed by atoms with Crippen molar-refractivity contribution in [2.24, 2.45) is 0 Å². The molecule has 0 aliphatic rings. The summed E-state index contributed by atoms with van der Waals surface area (Å²) in [5, 5.41) is 14.3. The van der Waals surface area contributed by atoms with Gasteiger partial charge in [-0.25, -0.2) is 0 Å². The summed E-state index contributed by atoms with van der Waals surface area (Å²) in [6, 6.07) is 15.2. The number of hydrogen-bond acceptors (Lipinski definition) is 4. The number of nitrogens with zero attached hydrogens (tertiary/aromatic N) is 1. The van der Waals surface area contributed by atoms with Crippen molar-refractivity contribution in [1.29, 1.82) is 5.26 Å². The highest BCUT2D eigenvalue weighted by Gasteiger charge is 2.19. The van der Waals surface area contributed by atoms with Crippen molar-refractivity contribution >= 4 is 17.5 Å². The Kier molecular flexibility index (Phi) is 6.36. The maximum absolute atomic E-state index is 12.4. The molecule has 0 saturated carbocycles. The Balaban J connectivity index is 2.11. The van der Waals surface area contributed by atoms with Crippen LogP contribution in [0.5, 0.6) is 5.75 Å². The van der Waals surface area contributed by atoms with Gasteiger partial charge in [0, 0.05) is 0 Å². The number of amides is 2. The number of anilines is 1. The fourth-order valence-electron chi connectivity index (χ4n) is 2.16. The molecule has 0 aliphatic carbocycles. The normalized spacial score (nSPS) is 10.7. The van der Waals surface area contributed by atoms with E-state index >= 15 is 0 Å². The number of benzene rings is 2. The van der Waals surface area contributed by atoms with Crippen LogP contribution in [0, 0.1) is 23.7 Å². The Hall–Kier alpha value is -3.77. The number of carbonyl (C=O) groups is 2. The molecular formula is C20H17N3O3. The van der Waals surface area contributed by atoms with Gasteiger partial charge in [0.2, 0.25) is 0 Å². The third kappa shape index (κ3) is 4.62. The first-order chi connectivity index (χ1) is 12.6. The third-order valence-electron chi connectivity index (χ3n) is 3.46. The van der Waals surface area contributed by atoms with Gasteiger partial charge in [-0.2, -0.15) is 5.26 Å². The zero-order valence-electron chi connectivity index (χ0n) is 14.2. The number of para-hydroxylation sites is 2. The van der Waals surface area contributed by atoms with Crippen LogP contribution >= 0.6 is 0 Å². The molecule has 130 valence electrons. The van der Waals surface area contributed by atoms with Crippen LogP contribution in [-0.2, 0) is 4.79 Å². The average molecular weight is 347 g/mol. The topological polar surface area (TPSA) is 91.2 Å². The Morgan fingerprint density at radius 1 is 1.19 bits per heavy atom. The Bertz CT molecular complexity index is 894. The van der Waals surface area contributed by atoms with Crippen molar-refractivity contribution in [1.82, 2.24) is 5.32 Å². The fraction of sp³-hybridized carbons (Fsp3) is 0.150. The maximum atomic E-state index is 12.4. The highest BCUT2D eigenvalue weighted by Crippen LogP contribution is 2.20. The summed E-state index contributed by atoms with van der Waals surface area (Å²) < 4.78 is 5.57. The van der Waals surface area contributed by atoms with E-state index in [1.54, 1.807) is 55.5 Å². The van der Waals surface area contributed by atoms with Crippen LogP contribution in [0.3, 0.4) is 0 Å². The second-order valence-corrected chi connectivity index (χ2v) is 5.29. The number of rotatable bonds is 6. The van der Waals surface area contributed by atoms with E-state index in [4.69, 9.17) is 16.4 Å². The summed E-state index contributed by atoms with van der Waals surface area (Å²) in [4.78, 5) is 24.5. The molecule has 0 fully saturated rings. The molecule has 0 aromatic heterocycles. The molecule has 6 heteroatoms. The highest BCUT2D eigenvalue weighted by molar-refractivity contribution is 6.04. The first-order valence-corrected chi connectivity index (χ1v) is 7.84. The van der Waals surface area contributed by atoms with Crippen LogP contribution in [0.4, 0.5) is 5.69 Å². The molecule has 2 N–H and O–H groups in total. The van der Waals surface area contributed by atoms with Crippen molar-refractivity contribution < 1.29 is 14.3 Å². The van der Waals surface area contributed by atoms with Crippen LogP contribution in [0.2, 0.25) is 0 Å². The quantitative estimate of drug-likeness (QED) is 0.785. The van der Waals surface area contributed by atoms with E-state index in [0.29, 0.717) is 22.6 Å². The van der Waals surface area contributed by atoms with Gasteiger partial charge in [0.1, 0.15) is 11.8 Å². The number of terminal acetylenes is 1. The lowest BCUT2D eigenvalue weighted by molar-refractivity contribution is -0.122. The van der Waals surface area contributed by atoms with Gasteiger partial charge in [0.15, 0.2) is 6.10 Å². The largest absolute Gasteiger partial charge is 0.480 e. The van der Waals surface area contributed by atoms with Crippen molar-refractivity contribution in [3.05, 3.63) is 59.7 Å². The van der Waals surface area contributed by atoms with Crippen LogP contribution in [0.25, 0.3) is 0 Å². The summed E-state index contributed by atoms with van der Waals surface area (Å²) in [5.74, 6) is 1.80. The third-order valence-corrected chi connectivity index (χ3v) is 3.46. The molecule has 2 aromatic rings. The molecule has 1 unspecified atom stereocenters. The summed E-state index contributed by atoms with van der Waals surface area (Å²) in [5.41, 5.74) is 0.970. The second kappa shape index (κ2) is 8.91. The first-order valence-electron chi connectivity index (χ1n) is 7.84. The highest BCUT2D eigenvalue weighted by atomic mass is 16.5. The van der Waals surface area contributed by atoms with E-state index in [-0.39, 0.29) is 12.5 Å². The minimum absolute atomic E-state index is 0.0889. The lowest BCUT2D eigenvalue weighted by Crippen LogP contribution is -2.32. The van der Waals surface area contributed by atoms with Gasteiger partial charge in [-0.15, -0.1) is 6.42 Å². The van der Waals surface area contributed by atoms with Gasteiger partial charge < -0.3 is 15.4 Å². The number of carbonyl (C=O) groups excluding carboxylic acids is 2. The van der Waals surface area contributed by atoms with Gasteiger partial charge in [-0.3, -0.25) is 9.59 Å². The molecule has 1 atom stereocenters. The summed E-state index contributed by atoms with van der Waals surface area (Å²) >= 11 is 0. The van der Waals surface area contributed by atoms with Crippen LogP contribution in [0.1, 0.15) is 22.8 Å². The van der Waals surface area contributed by atoms with Crippen molar-refractivity contribution in [3.63, 3.8) is 0 Å². The molecule has 0 spiro atoms. The summed E-state index contributed by atoms with van der Waals surface area (Å²) in [6.07, 6.45) is 4.27. The molecule has 6 nitrogen and oxygen atoms in total. The van der Waals surface area contributed by atoms with Gasteiger partial charge in [0.25, 0.3) is 11.8 Å². The number of hydrogen-bond donors (Lipinski definition) is 2. The van der Waals surface area contributed by atoms with Crippen molar-refractivity contribution in [2.45, 2.75) is 13.0 Å². The predicted octanol–water partition coefficient (Wildman–Crippen LogP) is 2.33. The second-order valence-electron chi connectivity index (χ2n) is 5.29. The van der Waals surface area contributed by atoms with E-state index in [2.05, 4.69) is 16.6 Å². The Morgan fingerprint density at radius 3 is 2.62 bits per heavy atom. The molecule has 26 heavy (non-hydrogen) atoms. The maximum Gasteiger partial charge on any atom is 0.265 e. The fourth-order valence-corrected chi connectivity index (χ4v) is 2.16. The van der Waals surface area contributed by atoms with Gasteiger partial charge in [-0.1, -0.05) is 30.2 Å². The molecule has 2 aromatic carbocycles. The zero-order chi connectivity index (χ0) is 18.9. The average Bonchev–Trinajstić information content (AvgIpc) is 2.66. The van der Waals surface area contributed by atoms with Crippen molar-refractivity contribution in [2.75, 3.05) is 11.9 Å². The lowest BCUT2D eigenvalue weighted by Gasteiger charge is -2.17. The monoisotopic (exact) mass is 347 g/mol. The lowest BCUT2D eigenvalue weighted by atomic mass is 10.1.